The van der Waals surface area contributed by atoms with E-state index in [0.717, 1.165) is 38.0 Å². The monoisotopic (exact) mass is 279 g/mol. The zero-order valence-corrected chi connectivity index (χ0v) is 12.0. The lowest BCUT2D eigenvalue weighted by molar-refractivity contribution is -0.144. The first-order chi connectivity index (χ1) is 9.67. The lowest BCUT2D eigenvalue weighted by Gasteiger charge is -2.31. The average Bonchev–Trinajstić information content (AvgIpc) is 2.44. The van der Waals surface area contributed by atoms with Crippen LogP contribution in [0.4, 0.5) is 4.39 Å². The standard InChI is InChI=1S/C16H22FNO2/c1-2-20-16(19)11-13-7-9-18(10-8-13)12-14-3-5-15(17)6-4-14/h3-6,13H,2,7-12H2,1H3. The van der Waals surface area contributed by atoms with Crippen LogP contribution in [0.1, 0.15) is 31.7 Å². The molecule has 0 bridgehead atoms. The molecule has 1 aliphatic heterocycles. The van der Waals surface area contributed by atoms with Crippen LogP contribution in [0.25, 0.3) is 0 Å². The summed E-state index contributed by atoms with van der Waals surface area (Å²) in [6.07, 6.45) is 2.60. The first-order valence-electron chi connectivity index (χ1n) is 7.29. The largest absolute Gasteiger partial charge is 0.466 e. The number of rotatable bonds is 5. The van der Waals surface area contributed by atoms with Crippen molar-refractivity contribution < 1.29 is 13.9 Å². The van der Waals surface area contributed by atoms with Gasteiger partial charge in [-0.15, -0.1) is 0 Å². The highest BCUT2D eigenvalue weighted by atomic mass is 19.1. The Labute approximate surface area is 119 Å². The Balaban J connectivity index is 1.74. The number of benzene rings is 1. The fraction of sp³-hybridized carbons (Fsp3) is 0.562. The minimum atomic E-state index is -0.193. The summed E-state index contributed by atoms with van der Waals surface area (Å²) in [6, 6.07) is 6.67. The zero-order chi connectivity index (χ0) is 14.4. The molecule has 2 rings (SSSR count). The van der Waals surface area contributed by atoms with Crippen molar-refractivity contribution in [3.05, 3.63) is 35.6 Å². The predicted octanol–water partition coefficient (Wildman–Crippen LogP) is 2.99. The van der Waals surface area contributed by atoms with Gasteiger partial charge in [0.25, 0.3) is 0 Å². The van der Waals surface area contributed by atoms with Crippen molar-refractivity contribution in [3.8, 4) is 0 Å². The summed E-state index contributed by atoms with van der Waals surface area (Å²) < 4.78 is 17.8. The van der Waals surface area contributed by atoms with Gasteiger partial charge in [0.05, 0.1) is 6.61 Å². The third-order valence-electron chi connectivity index (χ3n) is 3.79. The molecule has 0 aromatic heterocycles. The third-order valence-corrected chi connectivity index (χ3v) is 3.79. The van der Waals surface area contributed by atoms with Crippen molar-refractivity contribution in [2.24, 2.45) is 5.92 Å². The Bertz CT molecular complexity index is 425. The van der Waals surface area contributed by atoms with E-state index in [4.69, 9.17) is 4.74 Å². The number of hydrogen-bond acceptors (Lipinski definition) is 3. The molecule has 0 atom stereocenters. The van der Waals surface area contributed by atoms with Gasteiger partial charge in [-0.3, -0.25) is 9.69 Å². The van der Waals surface area contributed by atoms with E-state index >= 15 is 0 Å². The first kappa shape index (κ1) is 15.0. The molecule has 1 aromatic carbocycles. The summed E-state index contributed by atoms with van der Waals surface area (Å²) in [4.78, 5) is 13.8. The Hall–Kier alpha value is -1.42. The van der Waals surface area contributed by atoms with Crippen LogP contribution in [0.3, 0.4) is 0 Å². The van der Waals surface area contributed by atoms with Gasteiger partial charge in [0.1, 0.15) is 5.82 Å². The van der Waals surface area contributed by atoms with Crippen LogP contribution in [0.5, 0.6) is 0 Å². The third kappa shape index (κ3) is 4.60. The molecule has 20 heavy (non-hydrogen) atoms. The highest BCUT2D eigenvalue weighted by molar-refractivity contribution is 5.69. The number of halogens is 1. The molecule has 1 aromatic rings. The normalized spacial score (nSPS) is 17.1. The second-order valence-electron chi connectivity index (χ2n) is 5.36. The second-order valence-corrected chi connectivity index (χ2v) is 5.36. The van der Waals surface area contributed by atoms with Crippen molar-refractivity contribution in [3.63, 3.8) is 0 Å². The summed E-state index contributed by atoms with van der Waals surface area (Å²) in [5, 5.41) is 0. The van der Waals surface area contributed by atoms with Gasteiger partial charge in [-0.1, -0.05) is 12.1 Å². The minimum absolute atomic E-state index is 0.0792. The summed E-state index contributed by atoms with van der Waals surface area (Å²) in [6.45, 7) is 5.13. The zero-order valence-electron chi connectivity index (χ0n) is 12.0. The lowest BCUT2D eigenvalue weighted by atomic mass is 9.93. The van der Waals surface area contributed by atoms with Gasteiger partial charge in [-0.05, 0) is 56.5 Å². The lowest BCUT2D eigenvalue weighted by Crippen LogP contribution is -2.34. The predicted molar refractivity (Wildman–Crippen MR) is 75.7 cm³/mol. The van der Waals surface area contributed by atoms with Crippen LogP contribution in [0.15, 0.2) is 24.3 Å². The van der Waals surface area contributed by atoms with E-state index in [2.05, 4.69) is 4.90 Å². The molecule has 0 N–H and O–H groups in total. The van der Waals surface area contributed by atoms with E-state index in [0.29, 0.717) is 18.9 Å². The molecule has 1 saturated heterocycles. The molecule has 4 heteroatoms. The number of piperidine rings is 1. The fourth-order valence-electron chi connectivity index (χ4n) is 2.65. The van der Waals surface area contributed by atoms with Crippen LogP contribution >= 0.6 is 0 Å². The van der Waals surface area contributed by atoms with E-state index in [9.17, 15) is 9.18 Å². The van der Waals surface area contributed by atoms with Crippen LogP contribution in [0, 0.1) is 11.7 Å². The van der Waals surface area contributed by atoms with Crippen molar-refractivity contribution in [1.29, 1.82) is 0 Å². The van der Waals surface area contributed by atoms with Gasteiger partial charge in [0, 0.05) is 13.0 Å². The van der Waals surface area contributed by atoms with Crippen LogP contribution < -0.4 is 0 Å². The van der Waals surface area contributed by atoms with Gasteiger partial charge in [0.15, 0.2) is 0 Å². The van der Waals surface area contributed by atoms with Gasteiger partial charge >= 0.3 is 5.97 Å². The Kier molecular flexibility index (Phi) is 5.53. The molecule has 0 radical (unpaired) electrons. The molecule has 110 valence electrons. The quantitative estimate of drug-likeness (QED) is 0.776. The highest BCUT2D eigenvalue weighted by Gasteiger charge is 2.21. The van der Waals surface area contributed by atoms with Crippen molar-refractivity contribution in [2.75, 3.05) is 19.7 Å². The van der Waals surface area contributed by atoms with Gasteiger partial charge in [-0.2, -0.15) is 0 Å². The number of nitrogens with zero attached hydrogens (tertiary/aromatic N) is 1. The van der Waals surface area contributed by atoms with E-state index in [1.165, 1.54) is 12.1 Å². The molecule has 0 amide bonds. The maximum Gasteiger partial charge on any atom is 0.306 e. The van der Waals surface area contributed by atoms with Crippen molar-refractivity contribution in [1.82, 2.24) is 4.90 Å². The molecule has 0 saturated carbocycles. The van der Waals surface area contributed by atoms with E-state index < -0.39 is 0 Å². The van der Waals surface area contributed by atoms with Crippen LogP contribution in [-0.2, 0) is 16.1 Å². The molecular weight excluding hydrogens is 257 g/mol. The summed E-state index contributed by atoms with van der Waals surface area (Å²) >= 11 is 0. The molecule has 0 unspecified atom stereocenters. The molecular formula is C16H22FNO2. The second kappa shape index (κ2) is 7.39. The summed E-state index contributed by atoms with van der Waals surface area (Å²) in [7, 11) is 0. The number of carbonyl (C=O) groups excluding carboxylic acids is 1. The van der Waals surface area contributed by atoms with Crippen LogP contribution in [-0.4, -0.2) is 30.6 Å². The van der Waals surface area contributed by atoms with E-state index in [1.54, 1.807) is 0 Å². The van der Waals surface area contributed by atoms with Crippen molar-refractivity contribution >= 4 is 5.97 Å². The minimum Gasteiger partial charge on any atom is -0.466 e. The molecule has 1 aliphatic rings. The molecule has 3 nitrogen and oxygen atoms in total. The summed E-state index contributed by atoms with van der Waals surface area (Å²) in [5.41, 5.74) is 1.13. The molecule has 0 aliphatic carbocycles. The Morgan fingerprint density at radius 3 is 2.55 bits per heavy atom. The maximum atomic E-state index is 12.8. The molecule has 0 spiro atoms. The fourth-order valence-corrected chi connectivity index (χ4v) is 2.65. The Morgan fingerprint density at radius 1 is 1.30 bits per heavy atom. The first-order valence-corrected chi connectivity index (χ1v) is 7.29. The van der Waals surface area contributed by atoms with Gasteiger partial charge in [-0.25, -0.2) is 4.39 Å². The van der Waals surface area contributed by atoms with Crippen molar-refractivity contribution in [2.45, 2.75) is 32.7 Å². The number of carbonyl (C=O) groups is 1. The number of likely N-dealkylation sites (tertiary alicyclic amines) is 1. The molecule has 1 heterocycles. The number of esters is 1. The number of ether oxygens (including phenoxy) is 1. The average molecular weight is 279 g/mol. The van der Waals surface area contributed by atoms with E-state index in [1.807, 2.05) is 19.1 Å². The Morgan fingerprint density at radius 2 is 1.95 bits per heavy atom. The van der Waals surface area contributed by atoms with Gasteiger partial charge < -0.3 is 4.74 Å². The van der Waals surface area contributed by atoms with Gasteiger partial charge in [0.2, 0.25) is 0 Å². The maximum absolute atomic E-state index is 12.8. The smallest absolute Gasteiger partial charge is 0.306 e. The summed E-state index contributed by atoms with van der Waals surface area (Å²) in [5.74, 6) is 0.171. The SMILES string of the molecule is CCOC(=O)CC1CCN(Cc2ccc(F)cc2)CC1. The van der Waals surface area contributed by atoms with E-state index in [-0.39, 0.29) is 11.8 Å². The number of hydrogen-bond donors (Lipinski definition) is 0. The topological polar surface area (TPSA) is 29.5 Å². The van der Waals surface area contributed by atoms with Crippen LogP contribution in [0.2, 0.25) is 0 Å². The highest BCUT2D eigenvalue weighted by Crippen LogP contribution is 2.22. The molecule has 1 fully saturated rings.